The van der Waals surface area contributed by atoms with Crippen molar-refractivity contribution in [2.75, 3.05) is 13.1 Å². The van der Waals surface area contributed by atoms with Crippen LogP contribution >= 0.6 is 0 Å². The molecule has 1 atom stereocenters. The number of aromatic carboxylic acids is 1. The summed E-state index contributed by atoms with van der Waals surface area (Å²) in [6.07, 6.45) is 0. The molecule has 1 unspecified atom stereocenters. The van der Waals surface area contributed by atoms with Crippen molar-refractivity contribution in [3.8, 4) is 0 Å². The number of furan rings is 1. The van der Waals surface area contributed by atoms with Gasteiger partial charge in [0.2, 0.25) is 5.76 Å². The predicted molar refractivity (Wildman–Crippen MR) is 66.2 cm³/mol. The van der Waals surface area contributed by atoms with Gasteiger partial charge in [-0.25, -0.2) is 4.79 Å². The molecule has 0 aliphatic carbocycles. The van der Waals surface area contributed by atoms with Crippen molar-refractivity contribution in [1.82, 2.24) is 4.90 Å². The summed E-state index contributed by atoms with van der Waals surface area (Å²) < 4.78 is 5.33. The fourth-order valence-corrected chi connectivity index (χ4v) is 1.90. The zero-order valence-electron chi connectivity index (χ0n) is 10.9. The summed E-state index contributed by atoms with van der Waals surface area (Å²) in [6, 6.07) is 3.37. The normalized spacial score (nSPS) is 13.3. The molecule has 1 aromatic rings. The number of hydrogen-bond donors (Lipinski definition) is 1. The molecule has 0 fully saturated rings. The Morgan fingerprint density at radius 2 is 2.06 bits per heavy atom. The van der Waals surface area contributed by atoms with Crippen LogP contribution in [0.15, 0.2) is 16.5 Å². The number of carboxylic acids is 1. The third-order valence-electron chi connectivity index (χ3n) is 2.80. The van der Waals surface area contributed by atoms with Crippen LogP contribution in [-0.2, 0) is 0 Å². The molecule has 17 heavy (non-hydrogen) atoms. The van der Waals surface area contributed by atoms with Gasteiger partial charge >= 0.3 is 5.97 Å². The third kappa shape index (κ3) is 3.60. The summed E-state index contributed by atoms with van der Waals surface area (Å²) >= 11 is 0. The van der Waals surface area contributed by atoms with Gasteiger partial charge in [-0.05, 0) is 31.5 Å². The van der Waals surface area contributed by atoms with Crippen molar-refractivity contribution in [1.29, 1.82) is 0 Å². The number of carbonyl (C=O) groups is 1. The molecule has 1 N–H and O–H groups in total. The highest BCUT2D eigenvalue weighted by Crippen LogP contribution is 2.23. The Bertz CT molecular complexity index is 370. The second kappa shape index (κ2) is 5.87. The van der Waals surface area contributed by atoms with Gasteiger partial charge in [0.05, 0.1) is 6.04 Å². The van der Waals surface area contributed by atoms with Crippen LogP contribution in [0.3, 0.4) is 0 Å². The summed E-state index contributed by atoms with van der Waals surface area (Å²) in [5.41, 5.74) is 0. The SMILES string of the molecule is CCN(CC(C)C)C(C)c1ccc(C(=O)O)o1. The molecule has 4 heteroatoms. The van der Waals surface area contributed by atoms with Crippen molar-refractivity contribution in [2.45, 2.75) is 33.7 Å². The first-order chi connectivity index (χ1) is 7.95. The van der Waals surface area contributed by atoms with Gasteiger partial charge in [-0.3, -0.25) is 4.90 Å². The summed E-state index contributed by atoms with van der Waals surface area (Å²) in [5, 5.41) is 8.81. The zero-order valence-corrected chi connectivity index (χ0v) is 10.9. The average Bonchev–Trinajstić information content (AvgIpc) is 2.73. The van der Waals surface area contributed by atoms with Gasteiger partial charge in [-0.15, -0.1) is 0 Å². The maximum Gasteiger partial charge on any atom is 0.371 e. The Morgan fingerprint density at radius 3 is 2.47 bits per heavy atom. The van der Waals surface area contributed by atoms with Crippen molar-refractivity contribution in [2.24, 2.45) is 5.92 Å². The zero-order chi connectivity index (χ0) is 13.0. The molecule has 0 spiro atoms. The summed E-state index contributed by atoms with van der Waals surface area (Å²) in [5.74, 6) is 0.277. The summed E-state index contributed by atoms with van der Waals surface area (Å²) in [4.78, 5) is 13.0. The van der Waals surface area contributed by atoms with E-state index in [1.807, 2.05) is 6.92 Å². The molecule has 1 heterocycles. The first-order valence-corrected chi connectivity index (χ1v) is 6.02. The van der Waals surface area contributed by atoms with Gasteiger partial charge in [0, 0.05) is 6.54 Å². The Labute approximate surface area is 102 Å². The first kappa shape index (κ1) is 13.8. The monoisotopic (exact) mass is 239 g/mol. The molecule has 96 valence electrons. The van der Waals surface area contributed by atoms with Crippen LogP contribution in [0, 0.1) is 5.92 Å². The van der Waals surface area contributed by atoms with E-state index >= 15 is 0 Å². The van der Waals surface area contributed by atoms with Gasteiger partial charge in [0.15, 0.2) is 0 Å². The van der Waals surface area contributed by atoms with E-state index in [1.165, 1.54) is 6.07 Å². The maximum atomic E-state index is 10.7. The molecule has 0 aromatic carbocycles. The molecule has 1 rings (SSSR count). The van der Waals surface area contributed by atoms with Crippen molar-refractivity contribution >= 4 is 5.97 Å². The first-order valence-electron chi connectivity index (χ1n) is 6.02. The lowest BCUT2D eigenvalue weighted by atomic mass is 10.1. The smallest absolute Gasteiger partial charge is 0.371 e. The fourth-order valence-electron chi connectivity index (χ4n) is 1.90. The largest absolute Gasteiger partial charge is 0.475 e. The molecular weight excluding hydrogens is 218 g/mol. The second-order valence-corrected chi connectivity index (χ2v) is 4.66. The van der Waals surface area contributed by atoms with E-state index in [1.54, 1.807) is 6.07 Å². The molecule has 0 aliphatic heterocycles. The van der Waals surface area contributed by atoms with Crippen LogP contribution < -0.4 is 0 Å². The van der Waals surface area contributed by atoms with E-state index in [9.17, 15) is 4.79 Å². The minimum atomic E-state index is -1.02. The Balaban J connectivity index is 2.78. The molecule has 0 saturated carbocycles. The van der Waals surface area contributed by atoms with Crippen molar-refractivity contribution < 1.29 is 14.3 Å². The molecular formula is C13H21NO3. The van der Waals surface area contributed by atoms with Crippen LogP contribution in [0.4, 0.5) is 0 Å². The number of nitrogens with zero attached hydrogens (tertiary/aromatic N) is 1. The highest BCUT2D eigenvalue weighted by Gasteiger charge is 2.19. The lowest BCUT2D eigenvalue weighted by Crippen LogP contribution is -2.30. The minimum absolute atomic E-state index is 0.00690. The van der Waals surface area contributed by atoms with Gasteiger partial charge in [0.1, 0.15) is 5.76 Å². The third-order valence-corrected chi connectivity index (χ3v) is 2.80. The average molecular weight is 239 g/mol. The van der Waals surface area contributed by atoms with Crippen LogP contribution in [0.25, 0.3) is 0 Å². The van der Waals surface area contributed by atoms with Crippen molar-refractivity contribution in [3.05, 3.63) is 23.7 Å². The predicted octanol–water partition coefficient (Wildman–Crippen LogP) is 3.02. The van der Waals surface area contributed by atoms with Crippen LogP contribution in [0.1, 0.15) is 50.1 Å². The summed E-state index contributed by atoms with van der Waals surface area (Å²) in [6.45, 7) is 10.4. The highest BCUT2D eigenvalue weighted by molar-refractivity contribution is 5.84. The molecule has 0 amide bonds. The molecule has 4 nitrogen and oxygen atoms in total. The molecule has 0 radical (unpaired) electrons. The number of hydrogen-bond acceptors (Lipinski definition) is 3. The van der Waals surface area contributed by atoms with E-state index in [-0.39, 0.29) is 11.8 Å². The lowest BCUT2D eigenvalue weighted by Gasteiger charge is -2.27. The quantitative estimate of drug-likeness (QED) is 0.829. The van der Waals surface area contributed by atoms with E-state index in [2.05, 4.69) is 25.7 Å². The number of rotatable bonds is 6. The van der Waals surface area contributed by atoms with Gasteiger partial charge in [-0.2, -0.15) is 0 Å². The molecule has 1 aromatic heterocycles. The Hall–Kier alpha value is -1.29. The molecule has 0 saturated heterocycles. The lowest BCUT2D eigenvalue weighted by molar-refractivity contribution is 0.0655. The second-order valence-electron chi connectivity index (χ2n) is 4.66. The Morgan fingerprint density at radius 1 is 1.41 bits per heavy atom. The van der Waals surface area contributed by atoms with Gasteiger partial charge in [0.25, 0.3) is 0 Å². The molecule has 0 aliphatic rings. The van der Waals surface area contributed by atoms with E-state index in [0.717, 1.165) is 13.1 Å². The highest BCUT2D eigenvalue weighted by atomic mass is 16.4. The van der Waals surface area contributed by atoms with E-state index in [4.69, 9.17) is 9.52 Å². The van der Waals surface area contributed by atoms with Crippen LogP contribution in [-0.4, -0.2) is 29.1 Å². The summed E-state index contributed by atoms with van der Waals surface area (Å²) in [7, 11) is 0. The van der Waals surface area contributed by atoms with Crippen molar-refractivity contribution in [3.63, 3.8) is 0 Å². The topological polar surface area (TPSA) is 53.7 Å². The van der Waals surface area contributed by atoms with Crippen LogP contribution in [0.2, 0.25) is 0 Å². The standard InChI is InChI=1S/C13H21NO3/c1-5-14(8-9(2)3)10(4)11-6-7-12(17-11)13(15)16/h6-7,9-10H,5,8H2,1-4H3,(H,15,16). The minimum Gasteiger partial charge on any atom is -0.475 e. The molecule has 0 bridgehead atoms. The van der Waals surface area contributed by atoms with Crippen LogP contribution in [0.5, 0.6) is 0 Å². The maximum absolute atomic E-state index is 10.7. The van der Waals surface area contributed by atoms with E-state index in [0.29, 0.717) is 11.7 Å². The number of carboxylic acid groups (broad SMARTS) is 1. The van der Waals surface area contributed by atoms with E-state index < -0.39 is 5.97 Å². The fraction of sp³-hybridized carbons (Fsp3) is 0.615. The Kier molecular flexibility index (Phi) is 4.75. The van der Waals surface area contributed by atoms with Gasteiger partial charge < -0.3 is 9.52 Å². The van der Waals surface area contributed by atoms with Gasteiger partial charge in [-0.1, -0.05) is 20.8 Å².